The molecule has 9 heteroatoms. The molecule has 1 atom stereocenters. The maximum atomic E-state index is 11.7. The van der Waals surface area contributed by atoms with Gasteiger partial charge in [-0.15, -0.1) is 0 Å². The van der Waals surface area contributed by atoms with Gasteiger partial charge >= 0.3 is 5.69 Å². The number of rotatable bonds is 10. The van der Waals surface area contributed by atoms with Gasteiger partial charge in [-0.05, 0) is 13.8 Å². The van der Waals surface area contributed by atoms with Crippen molar-refractivity contribution in [3.63, 3.8) is 0 Å². The Labute approximate surface area is 122 Å². The first-order valence-corrected chi connectivity index (χ1v) is 6.68. The highest BCUT2D eigenvalue weighted by Gasteiger charge is 2.13. The van der Waals surface area contributed by atoms with Crippen LogP contribution in [0.1, 0.15) is 13.8 Å². The normalized spacial score (nSPS) is 12.1. The van der Waals surface area contributed by atoms with E-state index in [-0.39, 0.29) is 11.6 Å². The lowest BCUT2D eigenvalue weighted by atomic mass is 10.3. The van der Waals surface area contributed by atoms with Gasteiger partial charge in [0.25, 0.3) is 0 Å². The van der Waals surface area contributed by atoms with E-state index in [9.17, 15) is 14.9 Å². The Morgan fingerprint density at radius 2 is 2.33 bits per heavy atom. The molecule has 0 bridgehead atoms. The predicted molar refractivity (Wildman–Crippen MR) is 73.8 cm³/mol. The molecule has 1 N–H and O–H groups in total. The molecule has 0 aromatic carbocycles. The van der Waals surface area contributed by atoms with Gasteiger partial charge in [-0.1, -0.05) is 0 Å². The molecular formula is C12H20N4O5. The van der Waals surface area contributed by atoms with Crippen LogP contribution >= 0.6 is 0 Å². The minimum Gasteiger partial charge on any atom is -0.379 e. The molecule has 1 aromatic heterocycles. The van der Waals surface area contributed by atoms with Crippen LogP contribution in [-0.2, 0) is 20.8 Å². The molecule has 1 aromatic rings. The molecule has 9 nitrogen and oxygen atoms in total. The van der Waals surface area contributed by atoms with Crippen molar-refractivity contribution in [2.75, 3.05) is 26.4 Å². The number of nitrogens with zero attached hydrogens (tertiary/aromatic N) is 3. The van der Waals surface area contributed by atoms with Crippen LogP contribution < -0.4 is 5.32 Å². The summed E-state index contributed by atoms with van der Waals surface area (Å²) in [5, 5.41) is 17.0. The first-order chi connectivity index (χ1) is 10.0. The van der Waals surface area contributed by atoms with Gasteiger partial charge in [-0.2, -0.15) is 5.10 Å². The van der Waals surface area contributed by atoms with Crippen molar-refractivity contribution in [3.05, 3.63) is 22.5 Å². The highest BCUT2D eigenvalue weighted by atomic mass is 16.6. The monoisotopic (exact) mass is 300 g/mol. The van der Waals surface area contributed by atoms with E-state index in [1.807, 2.05) is 6.92 Å². The largest absolute Gasteiger partial charge is 0.379 e. The van der Waals surface area contributed by atoms with Gasteiger partial charge in [0, 0.05) is 13.2 Å². The van der Waals surface area contributed by atoms with Crippen molar-refractivity contribution in [3.8, 4) is 0 Å². The number of nitro groups is 1. The smallest absolute Gasteiger partial charge is 0.306 e. The topological polar surface area (TPSA) is 109 Å². The first kappa shape index (κ1) is 17.1. The molecular weight excluding hydrogens is 280 g/mol. The van der Waals surface area contributed by atoms with Crippen molar-refractivity contribution in [1.82, 2.24) is 15.1 Å². The number of hydrogen-bond acceptors (Lipinski definition) is 6. The molecule has 0 aliphatic heterocycles. The number of ether oxygens (including phenoxy) is 2. The van der Waals surface area contributed by atoms with Crippen molar-refractivity contribution in [2.24, 2.45) is 0 Å². The van der Waals surface area contributed by atoms with Crippen LogP contribution in [0.2, 0.25) is 0 Å². The fourth-order valence-electron chi connectivity index (χ4n) is 1.51. The summed E-state index contributed by atoms with van der Waals surface area (Å²) in [5.41, 5.74) is -0.0750. The van der Waals surface area contributed by atoms with Crippen molar-refractivity contribution >= 4 is 11.6 Å². The van der Waals surface area contributed by atoms with E-state index in [0.717, 1.165) is 0 Å². The lowest BCUT2D eigenvalue weighted by Crippen LogP contribution is -2.36. The summed E-state index contributed by atoms with van der Waals surface area (Å²) in [6, 6.07) is 0. The maximum Gasteiger partial charge on any atom is 0.306 e. The second-order valence-electron chi connectivity index (χ2n) is 4.22. The highest BCUT2D eigenvalue weighted by molar-refractivity contribution is 5.80. The second kappa shape index (κ2) is 9.03. The minimum atomic E-state index is -0.572. The quantitative estimate of drug-likeness (QED) is 0.379. The Morgan fingerprint density at radius 1 is 1.57 bits per heavy atom. The fraction of sp³-hybridized carbons (Fsp3) is 0.667. The van der Waals surface area contributed by atoms with Crippen molar-refractivity contribution < 1.29 is 19.2 Å². The van der Waals surface area contributed by atoms with Crippen LogP contribution in [0.3, 0.4) is 0 Å². The summed E-state index contributed by atoms with van der Waals surface area (Å²) in [5.74, 6) is -0.242. The van der Waals surface area contributed by atoms with Crippen LogP contribution in [-0.4, -0.2) is 53.1 Å². The zero-order valence-electron chi connectivity index (χ0n) is 12.2. The number of carbonyl (C=O) groups excluding carboxylic acids is 1. The van der Waals surface area contributed by atoms with E-state index >= 15 is 0 Å². The third-order valence-corrected chi connectivity index (χ3v) is 2.64. The molecule has 1 heterocycles. The molecule has 0 aliphatic carbocycles. The predicted octanol–water partition coefficient (Wildman–Crippen LogP) is 0.349. The van der Waals surface area contributed by atoms with Gasteiger partial charge < -0.3 is 14.8 Å². The molecule has 0 saturated carbocycles. The van der Waals surface area contributed by atoms with Gasteiger partial charge in [0.15, 0.2) is 0 Å². The maximum absolute atomic E-state index is 11.7. The molecule has 1 rings (SSSR count). The summed E-state index contributed by atoms with van der Waals surface area (Å²) in [6.07, 6.45) is 1.91. The Bertz CT molecular complexity index is 462. The summed E-state index contributed by atoms with van der Waals surface area (Å²) >= 11 is 0. The van der Waals surface area contributed by atoms with Crippen LogP contribution in [0.4, 0.5) is 5.69 Å². The van der Waals surface area contributed by atoms with Gasteiger partial charge in [0.05, 0.1) is 24.7 Å². The summed E-state index contributed by atoms with van der Waals surface area (Å²) in [4.78, 5) is 21.7. The standard InChI is InChI=1S/C12H20N4O5/c1-3-20-6-7-21-10(2)12(17)13-4-5-15-9-11(8-14-15)16(18)19/h8-10H,3-7H2,1-2H3,(H,13,17)/t10-/m0/s1. The molecule has 118 valence electrons. The fourth-order valence-corrected chi connectivity index (χ4v) is 1.51. The van der Waals surface area contributed by atoms with Crippen LogP contribution in [0, 0.1) is 10.1 Å². The summed E-state index contributed by atoms with van der Waals surface area (Å²) in [7, 11) is 0. The Kier molecular flexibility index (Phi) is 7.33. The molecule has 0 spiro atoms. The third-order valence-electron chi connectivity index (χ3n) is 2.64. The van der Waals surface area contributed by atoms with E-state index in [1.165, 1.54) is 17.1 Å². The van der Waals surface area contributed by atoms with E-state index in [1.54, 1.807) is 6.92 Å². The first-order valence-electron chi connectivity index (χ1n) is 6.68. The van der Waals surface area contributed by atoms with Gasteiger partial charge in [-0.3, -0.25) is 19.6 Å². The number of hydrogen-bond donors (Lipinski definition) is 1. The lowest BCUT2D eigenvalue weighted by Gasteiger charge is -2.13. The SMILES string of the molecule is CCOCCO[C@@H](C)C(=O)NCCn1cc([N+](=O)[O-])cn1. The summed E-state index contributed by atoms with van der Waals surface area (Å²) < 4.78 is 11.8. The van der Waals surface area contributed by atoms with E-state index < -0.39 is 11.0 Å². The number of aromatic nitrogens is 2. The van der Waals surface area contributed by atoms with E-state index in [0.29, 0.717) is 32.9 Å². The molecule has 0 fully saturated rings. The Balaban J connectivity index is 2.21. The van der Waals surface area contributed by atoms with Crippen molar-refractivity contribution in [1.29, 1.82) is 0 Å². The zero-order chi connectivity index (χ0) is 15.7. The molecule has 1 amide bonds. The van der Waals surface area contributed by atoms with Gasteiger partial charge in [0.2, 0.25) is 5.91 Å². The van der Waals surface area contributed by atoms with Crippen LogP contribution in [0.15, 0.2) is 12.4 Å². The van der Waals surface area contributed by atoms with E-state index in [2.05, 4.69) is 10.4 Å². The zero-order valence-corrected chi connectivity index (χ0v) is 12.2. The third kappa shape index (κ3) is 6.32. The Hall–Kier alpha value is -2.00. The highest BCUT2D eigenvalue weighted by Crippen LogP contribution is 2.06. The average molecular weight is 300 g/mol. The molecule has 0 unspecified atom stereocenters. The average Bonchev–Trinajstić information content (AvgIpc) is 2.92. The number of amides is 1. The van der Waals surface area contributed by atoms with Crippen LogP contribution in [0.25, 0.3) is 0 Å². The molecule has 0 saturated heterocycles. The van der Waals surface area contributed by atoms with Gasteiger partial charge in [0.1, 0.15) is 18.5 Å². The molecule has 21 heavy (non-hydrogen) atoms. The number of nitrogens with one attached hydrogen (secondary N) is 1. The lowest BCUT2D eigenvalue weighted by molar-refractivity contribution is -0.385. The van der Waals surface area contributed by atoms with Crippen molar-refractivity contribution in [2.45, 2.75) is 26.5 Å². The second-order valence-corrected chi connectivity index (χ2v) is 4.22. The van der Waals surface area contributed by atoms with E-state index in [4.69, 9.17) is 9.47 Å². The van der Waals surface area contributed by atoms with Gasteiger partial charge in [-0.25, -0.2) is 0 Å². The minimum absolute atomic E-state index is 0.0750. The van der Waals surface area contributed by atoms with Crippen LogP contribution in [0.5, 0.6) is 0 Å². The summed E-state index contributed by atoms with van der Waals surface area (Å²) in [6.45, 7) is 5.62. The molecule has 0 radical (unpaired) electrons. The number of carbonyl (C=O) groups is 1. The Morgan fingerprint density at radius 3 is 2.95 bits per heavy atom. The molecule has 0 aliphatic rings.